The van der Waals surface area contributed by atoms with Gasteiger partial charge in [0.2, 0.25) is 0 Å². The Labute approximate surface area is 114 Å². The summed E-state index contributed by atoms with van der Waals surface area (Å²) < 4.78 is 0. The molecule has 0 radical (unpaired) electrons. The number of amides is 2. The van der Waals surface area contributed by atoms with Crippen molar-refractivity contribution in [2.75, 3.05) is 18.4 Å². The van der Waals surface area contributed by atoms with E-state index in [-0.39, 0.29) is 6.03 Å². The Morgan fingerprint density at radius 1 is 1.42 bits per heavy atom. The summed E-state index contributed by atoms with van der Waals surface area (Å²) in [6.07, 6.45) is 2.03. The van der Waals surface area contributed by atoms with Gasteiger partial charge in [-0.2, -0.15) is 0 Å². The van der Waals surface area contributed by atoms with Gasteiger partial charge in [-0.15, -0.1) is 0 Å². The third-order valence-electron chi connectivity index (χ3n) is 2.56. The standard InChI is InChI=1S/C15H21N3O/c1-3-4-10-17-15(19)18-14-11-12(2)7-8-13(14)6-5-9-16/h7-8,11H,3-4,9-10,16H2,1-2H3,(H2,17,18,19). The van der Waals surface area contributed by atoms with E-state index >= 15 is 0 Å². The summed E-state index contributed by atoms with van der Waals surface area (Å²) >= 11 is 0. The smallest absolute Gasteiger partial charge is 0.319 e. The van der Waals surface area contributed by atoms with E-state index < -0.39 is 0 Å². The molecule has 0 aliphatic rings. The molecule has 0 spiro atoms. The molecule has 2 amide bonds. The number of anilines is 1. The summed E-state index contributed by atoms with van der Waals surface area (Å²) in [4.78, 5) is 11.7. The van der Waals surface area contributed by atoms with Crippen molar-refractivity contribution in [3.8, 4) is 11.8 Å². The predicted octanol–water partition coefficient (Wildman–Crippen LogP) is 2.23. The van der Waals surface area contributed by atoms with E-state index in [2.05, 4.69) is 29.4 Å². The minimum Gasteiger partial charge on any atom is -0.338 e. The molecule has 1 aromatic rings. The second kappa shape index (κ2) is 8.17. The molecule has 0 aliphatic heterocycles. The first kappa shape index (κ1) is 15.1. The van der Waals surface area contributed by atoms with Crippen molar-refractivity contribution in [3.63, 3.8) is 0 Å². The topological polar surface area (TPSA) is 67.2 Å². The third kappa shape index (κ3) is 5.45. The van der Waals surface area contributed by atoms with Crippen LogP contribution >= 0.6 is 0 Å². The first-order valence-electron chi connectivity index (χ1n) is 6.51. The minimum absolute atomic E-state index is 0.199. The molecule has 0 saturated carbocycles. The average Bonchev–Trinajstić information content (AvgIpc) is 2.38. The van der Waals surface area contributed by atoms with Crippen LogP contribution in [-0.4, -0.2) is 19.1 Å². The lowest BCUT2D eigenvalue weighted by Crippen LogP contribution is -2.29. The van der Waals surface area contributed by atoms with E-state index in [9.17, 15) is 4.79 Å². The number of hydrogen-bond acceptors (Lipinski definition) is 2. The molecule has 1 aromatic carbocycles. The van der Waals surface area contributed by atoms with E-state index in [4.69, 9.17) is 5.73 Å². The molecule has 19 heavy (non-hydrogen) atoms. The van der Waals surface area contributed by atoms with Crippen LogP contribution in [0.2, 0.25) is 0 Å². The monoisotopic (exact) mass is 259 g/mol. The van der Waals surface area contributed by atoms with Gasteiger partial charge in [0.25, 0.3) is 0 Å². The van der Waals surface area contributed by atoms with Crippen molar-refractivity contribution in [1.29, 1.82) is 0 Å². The van der Waals surface area contributed by atoms with E-state index in [0.29, 0.717) is 13.1 Å². The molecule has 102 valence electrons. The van der Waals surface area contributed by atoms with Gasteiger partial charge in [0.1, 0.15) is 0 Å². The van der Waals surface area contributed by atoms with Crippen LogP contribution in [0.15, 0.2) is 18.2 Å². The lowest BCUT2D eigenvalue weighted by atomic mass is 10.1. The van der Waals surface area contributed by atoms with Crippen LogP contribution in [0.4, 0.5) is 10.5 Å². The summed E-state index contributed by atoms with van der Waals surface area (Å²) in [6, 6.07) is 5.55. The van der Waals surface area contributed by atoms with Crippen molar-refractivity contribution < 1.29 is 4.79 Å². The van der Waals surface area contributed by atoms with Crippen LogP contribution in [0.3, 0.4) is 0 Å². The second-order valence-corrected chi connectivity index (χ2v) is 4.29. The first-order valence-corrected chi connectivity index (χ1v) is 6.51. The normalized spacial score (nSPS) is 9.42. The molecule has 0 heterocycles. The van der Waals surface area contributed by atoms with Gasteiger partial charge in [-0.3, -0.25) is 0 Å². The van der Waals surface area contributed by atoms with Crippen molar-refractivity contribution in [3.05, 3.63) is 29.3 Å². The molecule has 0 unspecified atom stereocenters. The van der Waals surface area contributed by atoms with Crippen LogP contribution < -0.4 is 16.4 Å². The number of rotatable bonds is 4. The van der Waals surface area contributed by atoms with Gasteiger partial charge in [-0.25, -0.2) is 4.79 Å². The zero-order valence-electron chi connectivity index (χ0n) is 11.5. The van der Waals surface area contributed by atoms with E-state index in [1.807, 2.05) is 25.1 Å². The van der Waals surface area contributed by atoms with Crippen LogP contribution in [0.1, 0.15) is 30.9 Å². The maximum atomic E-state index is 11.7. The fraction of sp³-hybridized carbons (Fsp3) is 0.400. The minimum atomic E-state index is -0.199. The summed E-state index contributed by atoms with van der Waals surface area (Å²) in [5.74, 6) is 5.75. The number of nitrogens with two attached hydrogens (primary N) is 1. The summed E-state index contributed by atoms with van der Waals surface area (Å²) in [5.41, 5.74) is 7.93. The largest absolute Gasteiger partial charge is 0.338 e. The number of urea groups is 1. The zero-order chi connectivity index (χ0) is 14.1. The fourth-order valence-corrected chi connectivity index (χ4v) is 1.56. The third-order valence-corrected chi connectivity index (χ3v) is 2.56. The molecule has 0 bridgehead atoms. The zero-order valence-corrected chi connectivity index (χ0v) is 11.5. The van der Waals surface area contributed by atoms with Gasteiger partial charge in [0.05, 0.1) is 12.2 Å². The molecule has 1 rings (SSSR count). The molecule has 4 nitrogen and oxygen atoms in total. The molecule has 0 fully saturated rings. The van der Waals surface area contributed by atoms with Gasteiger partial charge >= 0.3 is 6.03 Å². The molecule has 4 N–H and O–H groups in total. The van der Waals surface area contributed by atoms with Crippen LogP contribution in [0, 0.1) is 18.8 Å². The first-order chi connectivity index (χ1) is 9.17. The number of nitrogens with one attached hydrogen (secondary N) is 2. The Bertz CT molecular complexity index is 486. The Morgan fingerprint density at radius 2 is 2.21 bits per heavy atom. The van der Waals surface area contributed by atoms with Gasteiger partial charge in [0.15, 0.2) is 0 Å². The second-order valence-electron chi connectivity index (χ2n) is 4.29. The quantitative estimate of drug-likeness (QED) is 0.573. The average molecular weight is 259 g/mol. The van der Waals surface area contributed by atoms with E-state index in [1.54, 1.807) is 0 Å². The van der Waals surface area contributed by atoms with Gasteiger partial charge in [0, 0.05) is 12.1 Å². The number of unbranched alkanes of at least 4 members (excludes halogenated alkanes) is 1. The van der Waals surface area contributed by atoms with E-state index in [1.165, 1.54) is 0 Å². The lowest BCUT2D eigenvalue weighted by molar-refractivity contribution is 0.252. The fourth-order valence-electron chi connectivity index (χ4n) is 1.56. The Morgan fingerprint density at radius 3 is 2.89 bits per heavy atom. The van der Waals surface area contributed by atoms with E-state index in [0.717, 1.165) is 29.7 Å². The van der Waals surface area contributed by atoms with Crippen molar-refractivity contribution in [2.24, 2.45) is 5.73 Å². The SMILES string of the molecule is CCCCNC(=O)Nc1cc(C)ccc1C#CCN. The van der Waals surface area contributed by atoms with Gasteiger partial charge < -0.3 is 16.4 Å². The van der Waals surface area contributed by atoms with Crippen LogP contribution in [0.25, 0.3) is 0 Å². The van der Waals surface area contributed by atoms with Gasteiger partial charge in [-0.1, -0.05) is 31.3 Å². The number of carbonyl (C=O) groups excluding carboxylic acids is 1. The number of aryl methyl sites for hydroxylation is 1. The van der Waals surface area contributed by atoms with Crippen LogP contribution in [0.5, 0.6) is 0 Å². The summed E-state index contributed by atoms with van der Waals surface area (Å²) in [5, 5.41) is 5.64. The highest BCUT2D eigenvalue weighted by Gasteiger charge is 2.05. The molecular formula is C15H21N3O. The Balaban J connectivity index is 2.75. The lowest BCUT2D eigenvalue weighted by Gasteiger charge is -2.09. The molecule has 0 saturated heterocycles. The summed E-state index contributed by atoms with van der Waals surface area (Å²) in [6.45, 7) is 5.04. The Hall–Kier alpha value is -1.99. The molecular weight excluding hydrogens is 238 g/mol. The highest BCUT2D eigenvalue weighted by molar-refractivity contribution is 5.91. The molecule has 0 aliphatic carbocycles. The Kier molecular flexibility index (Phi) is 6.48. The van der Waals surface area contributed by atoms with Crippen molar-refractivity contribution in [1.82, 2.24) is 5.32 Å². The number of hydrogen-bond donors (Lipinski definition) is 3. The molecule has 4 heteroatoms. The number of benzene rings is 1. The maximum absolute atomic E-state index is 11.7. The predicted molar refractivity (Wildman–Crippen MR) is 79.0 cm³/mol. The molecule has 0 atom stereocenters. The highest BCUT2D eigenvalue weighted by Crippen LogP contribution is 2.16. The van der Waals surface area contributed by atoms with Crippen molar-refractivity contribution in [2.45, 2.75) is 26.7 Å². The van der Waals surface area contributed by atoms with Gasteiger partial charge in [-0.05, 0) is 31.0 Å². The van der Waals surface area contributed by atoms with Crippen molar-refractivity contribution >= 4 is 11.7 Å². The highest BCUT2D eigenvalue weighted by atomic mass is 16.2. The molecule has 0 aromatic heterocycles. The number of carbonyl (C=O) groups is 1. The summed E-state index contributed by atoms with van der Waals surface area (Å²) in [7, 11) is 0. The van der Waals surface area contributed by atoms with Crippen LogP contribution in [-0.2, 0) is 0 Å². The maximum Gasteiger partial charge on any atom is 0.319 e.